The Morgan fingerprint density at radius 2 is 0.613 bits per heavy atom. The molecule has 0 aliphatic carbocycles. The molecule has 0 aliphatic heterocycles. The second-order valence-electron chi connectivity index (χ2n) is 19.9. The first-order chi connectivity index (χ1) is 30.3. The van der Waals surface area contributed by atoms with Crippen LogP contribution in [-0.4, -0.2) is 37.2 Å². The maximum atomic E-state index is 12.8. The van der Waals surface area contributed by atoms with Crippen molar-refractivity contribution < 1.29 is 28.6 Å². The quantitative estimate of drug-likeness (QED) is 0.0344. The molecule has 0 saturated carbocycles. The summed E-state index contributed by atoms with van der Waals surface area (Å²) in [5.74, 6) is 0.801. The smallest absolute Gasteiger partial charge is 0.306 e. The Labute approximate surface area is 387 Å². The lowest BCUT2D eigenvalue weighted by Gasteiger charge is -2.18. The molecule has 0 aromatic heterocycles. The summed E-state index contributed by atoms with van der Waals surface area (Å²) < 4.78 is 16.8. The second kappa shape index (κ2) is 48.9. The molecule has 0 saturated heterocycles. The van der Waals surface area contributed by atoms with E-state index in [4.69, 9.17) is 14.2 Å². The number of esters is 3. The standard InChI is InChI=1S/C56H108O6/c1-6-8-9-10-11-12-13-14-15-16-17-18-19-20-25-28-31-38-43-48-56(59)62-53(50-61-55(58)47-42-37-33-32-35-40-45-52(5)7-2)49-60-54(57)46-41-36-30-27-24-22-21-23-26-29-34-39-44-51(3)4/h51-53H,6-50H2,1-5H3/t52?,53-/m1/s1. The number of ether oxygens (including phenoxy) is 3. The van der Waals surface area contributed by atoms with Crippen LogP contribution in [0.15, 0.2) is 0 Å². The normalized spacial score (nSPS) is 12.5. The Bertz CT molecular complexity index is 949. The zero-order valence-electron chi connectivity index (χ0n) is 42.5. The van der Waals surface area contributed by atoms with Crippen molar-refractivity contribution in [2.75, 3.05) is 13.2 Å². The third-order valence-electron chi connectivity index (χ3n) is 13.1. The van der Waals surface area contributed by atoms with Crippen molar-refractivity contribution >= 4 is 17.9 Å². The molecule has 6 heteroatoms. The molecule has 62 heavy (non-hydrogen) atoms. The molecule has 0 heterocycles. The number of carbonyl (C=O) groups is 3. The highest BCUT2D eigenvalue weighted by atomic mass is 16.6. The Morgan fingerprint density at radius 3 is 0.919 bits per heavy atom. The van der Waals surface area contributed by atoms with E-state index in [9.17, 15) is 14.4 Å². The van der Waals surface area contributed by atoms with Crippen LogP contribution in [0.4, 0.5) is 0 Å². The van der Waals surface area contributed by atoms with Crippen LogP contribution in [-0.2, 0) is 28.6 Å². The molecule has 6 nitrogen and oxygen atoms in total. The van der Waals surface area contributed by atoms with Gasteiger partial charge in [0, 0.05) is 19.3 Å². The molecule has 0 amide bonds. The summed E-state index contributed by atoms with van der Waals surface area (Å²) in [5.41, 5.74) is 0. The van der Waals surface area contributed by atoms with Crippen molar-refractivity contribution in [2.24, 2.45) is 11.8 Å². The fourth-order valence-corrected chi connectivity index (χ4v) is 8.49. The van der Waals surface area contributed by atoms with Gasteiger partial charge in [0.05, 0.1) is 0 Å². The van der Waals surface area contributed by atoms with E-state index in [0.717, 1.165) is 69.6 Å². The molecule has 368 valence electrons. The van der Waals surface area contributed by atoms with E-state index in [0.29, 0.717) is 19.3 Å². The van der Waals surface area contributed by atoms with E-state index in [2.05, 4.69) is 34.6 Å². The summed E-state index contributed by atoms with van der Waals surface area (Å²) >= 11 is 0. The number of hydrogen-bond acceptors (Lipinski definition) is 6. The predicted octanol–water partition coefficient (Wildman–Crippen LogP) is 18.1. The molecule has 0 aromatic rings. The zero-order chi connectivity index (χ0) is 45.4. The van der Waals surface area contributed by atoms with Gasteiger partial charge in [-0.25, -0.2) is 0 Å². The van der Waals surface area contributed by atoms with E-state index in [1.807, 2.05) is 0 Å². The van der Waals surface area contributed by atoms with Gasteiger partial charge in [0.2, 0.25) is 0 Å². The van der Waals surface area contributed by atoms with Crippen molar-refractivity contribution in [2.45, 2.75) is 317 Å². The summed E-state index contributed by atoms with van der Waals surface area (Å²) in [4.78, 5) is 38.0. The molecule has 0 N–H and O–H groups in total. The SMILES string of the molecule is CCCCCCCCCCCCCCCCCCCCCC(=O)O[C@H](COC(=O)CCCCCCCCCCCCCCC(C)C)COC(=O)CCCCCCCCC(C)CC. The van der Waals surface area contributed by atoms with Gasteiger partial charge >= 0.3 is 17.9 Å². The first kappa shape index (κ1) is 60.4. The molecular weight excluding hydrogens is 769 g/mol. The largest absolute Gasteiger partial charge is 0.462 e. The molecule has 0 radical (unpaired) electrons. The summed E-state index contributed by atoms with van der Waals surface area (Å²) in [6.45, 7) is 11.4. The lowest BCUT2D eigenvalue weighted by molar-refractivity contribution is -0.167. The van der Waals surface area contributed by atoms with E-state index in [-0.39, 0.29) is 31.1 Å². The van der Waals surface area contributed by atoms with Crippen molar-refractivity contribution in [3.05, 3.63) is 0 Å². The number of carbonyl (C=O) groups excluding carboxylic acids is 3. The molecule has 0 fully saturated rings. The summed E-state index contributed by atoms with van der Waals surface area (Å²) in [5, 5.41) is 0. The average molecular weight is 877 g/mol. The Kier molecular flexibility index (Phi) is 47.6. The number of hydrogen-bond donors (Lipinski definition) is 0. The number of unbranched alkanes of at least 4 members (excludes halogenated alkanes) is 34. The lowest BCUT2D eigenvalue weighted by atomic mass is 10.00. The first-order valence-corrected chi connectivity index (χ1v) is 27.8. The minimum Gasteiger partial charge on any atom is -0.462 e. The van der Waals surface area contributed by atoms with Crippen molar-refractivity contribution in [3.8, 4) is 0 Å². The summed E-state index contributed by atoms with van der Waals surface area (Å²) in [7, 11) is 0. The third kappa shape index (κ3) is 47.9. The molecule has 1 unspecified atom stereocenters. The molecule has 0 aromatic carbocycles. The van der Waals surface area contributed by atoms with Gasteiger partial charge in [0.15, 0.2) is 6.10 Å². The molecular formula is C56H108O6. The van der Waals surface area contributed by atoms with Crippen molar-refractivity contribution in [3.63, 3.8) is 0 Å². The highest BCUT2D eigenvalue weighted by molar-refractivity contribution is 5.71. The van der Waals surface area contributed by atoms with Crippen LogP contribution in [0.5, 0.6) is 0 Å². The van der Waals surface area contributed by atoms with Gasteiger partial charge in [-0.1, -0.05) is 272 Å². The van der Waals surface area contributed by atoms with Gasteiger partial charge in [-0.15, -0.1) is 0 Å². The van der Waals surface area contributed by atoms with Crippen LogP contribution in [0.25, 0.3) is 0 Å². The van der Waals surface area contributed by atoms with Gasteiger partial charge in [-0.2, -0.15) is 0 Å². The summed E-state index contributed by atoms with van der Waals surface area (Å²) in [6, 6.07) is 0. The third-order valence-corrected chi connectivity index (χ3v) is 13.1. The van der Waals surface area contributed by atoms with E-state index in [1.54, 1.807) is 0 Å². The Morgan fingerprint density at radius 1 is 0.339 bits per heavy atom. The van der Waals surface area contributed by atoms with E-state index < -0.39 is 6.10 Å². The fraction of sp³-hybridized carbons (Fsp3) is 0.946. The minimum atomic E-state index is -0.763. The van der Waals surface area contributed by atoms with E-state index >= 15 is 0 Å². The van der Waals surface area contributed by atoms with Gasteiger partial charge in [-0.3, -0.25) is 14.4 Å². The van der Waals surface area contributed by atoms with Gasteiger partial charge in [-0.05, 0) is 31.1 Å². The minimum absolute atomic E-state index is 0.0641. The van der Waals surface area contributed by atoms with Crippen LogP contribution in [0.3, 0.4) is 0 Å². The topological polar surface area (TPSA) is 78.9 Å². The Balaban J connectivity index is 4.26. The van der Waals surface area contributed by atoms with Crippen molar-refractivity contribution in [1.29, 1.82) is 0 Å². The first-order valence-electron chi connectivity index (χ1n) is 27.8. The second-order valence-corrected chi connectivity index (χ2v) is 19.9. The van der Waals surface area contributed by atoms with Gasteiger partial charge in [0.1, 0.15) is 13.2 Å². The predicted molar refractivity (Wildman–Crippen MR) is 266 cm³/mol. The molecule has 0 spiro atoms. The zero-order valence-corrected chi connectivity index (χ0v) is 42.5. The van der Waals surface area contributed by atoms with Gasteiger partial charge in [0.25, 0.3) is 0 Å². The van der Waals surface area contributed by atoms with E-state index in [1.165, 1.54) is 199 Å². The number of rotatable bonds is 50. The average Bonchev–Trinajstić information content (AvgIpc) is 3.26. The molecule has 2 atom stereocenters. The molecule has 0 aliphatic rings. The van der Waals surface area contributed by atoms with Crippen LogP contribution in [0, 0.1) is 11.8 Å². The highest BCUT2D eigenvalue weighted by Gasteiger charge is 2.19. The van der Waals surface area contributed by atoms with Crippen molar-refractivity contribution in [1.82, 2.24) is 0 Å². The van der Waals surface area contributed by atoms with Crippen LogP contribution < -0.4 is 0 Å². The maximum absolute atomic E-state index is 12.8. The fourth-order valence-electron chi connectivity index (χ4n) is 8.49. The molecule has 0 rings (SSSR count). The summed E-state index contributed by atoms with van der Waals surface area (Å²) in [6.07, 6.45) is 51.0. The maximum Gasteiger partial charge on any atom is 0.306 e. The highest BCUT2D eigenvalue weighted by Crippen LogP contribution is 2.18. The van der Waals surface area contributed by atoms with Gasteiger partial charge < -0.3 is 14.2 Å². The lowest BCUT2D eigenvalue weighted by Crippen LogP contribution is -2.30. The monoisotopic (exact) mass is 877 g/mol. The van der Waals surface area contributed by atoms with Crippen LogP contribution >= 0.6 is 0 Å². The Hall–Kier alpha value is -1.59. The van der Waals surface area contributed by atoms with Crippen LogP contribution in [0.2, 0.25) is 0 Å². The molecule has 0 bridgehead atoms. The van der Waals surface area contributed by atoms with Crippen LogP contribution in [0.1, 0.15) is 311 Å².